The minimum Gasteiger partial charge on any atom is -0.249 e. The Bertz CT molecular complexity index is 1110. The van der Waals surface area contributed by atoms with Gasteiger partial charge < -0.3 is 0 Å². The molecule has 0 aliphatic carbocycles. The Balaban J connectivity index is 1.61. The van der Waals surface area contributed by atoms with Gasteiger partial charge in [-0.3, -0.25) is 0 Å². The molecule has 0 radical (unpaired) electrons. The Morgan fingerprint density at radius 2 is 1.77 bits per heavy atom. The first-order chi connectivity index (χ1) is 14.5. The lowest BCUT2D eigenvalue weighted by atomic mass is 9.98. The van der Waals surface area contributed by atoms with Gasteiger partial charge in [0.1, 0.15) is 5.82 Å². The van der Waals surface area contributed by atoms with E-state index in [-0.39, 0.29) is 0 Å². The van der Waals surface area contributed by atoms with Crippen molar-refractivity contribution >= 4 is 0 Å². The molecule has 0 aliphatic rings. The predicted molar refractivity (Wildman–Crippen MR) is 108 cm³/mol. The molecule has 0 bridgehead atoms. The van der Waals surface area contributed by atoms with Gasteiger partial charge in [0, 0.05) is 25.5 Å². The van der Waals surface area contributed by atoms with Crippen LogP contribution >= 0.6 is 0 Å². The molecule has 30 heavy (non-hydrogen) atoms. The molecule has 7 nitrogen and oxygen atoms in total. The summed E-state index contributed by atoms with van der Waals surface area (Å²) in [5.74, 6) is -2.43. The molecule has 0 saturated carbocycles. The van der Waals surface area contributed by atoms with E-state index in [1.165, 1.54) is 0 Å². The van der Waals surface area contributed by atoms with Crippen molar-refractivity contribution in [2.24, 2.45) is 0 Å². The first-order valence-corrected chi connectivity index (χ1v) is 9.70. The lowest BCUT2D eigenvalue weighted by molar-refractivity contribution is 0.00751. The van der Waals surface area contributed by atoms with E-state index in [2.05, 4.69) is 30.7 Å². The van der Waals surface area contributed by atoms with Crippen molar-refractivity contribution in [3.8, 4) is 22.5 Å². The van der Waals surface area contributed by atoms with Crippen LogP contribution in [0.25, 0.3) is 22.5 Å². The second-order valence-electron chi connectivity index (χ2n) is 7.12. The zero-order valence-corrected chi connectivity index (χ0v) is 16.7. The van der Waals surface area contributed by atoms with E-state index in [0.29, 0.717) is 24.6 Å². The summed E-state index contributed by atoms with van der Waals surface area (Å²) in [7, 11) is 0. The molecule has 4 aromatic rings. The highest BCUT2D eigenvalue weighted by Crippen LogP contribution is 2.30. The summed E-state index contributed by atoms with van der Waals surface area (Å²) in [4.78, 5) is 4.10. The molecule has 4 rings (SSSR count). The largest absolute Gasteiger partial charge is 0.305 e. The number of rotatable bonds is 7. The van der Waals surface area contributed by atoms with Crippen LogP contribution in [-0.2, 0) is 18.9 Å². The van der Waals surface area contributed by atoms with E-state index in [9.17, 15) is 8.78 Å². The van der Waals surface area contributed by atoms with Crippen LogP contribution in [0.2, 0.25) is 0 Å². The fraction of sp³-hybridized carbons (Fsp3) is 0.286. The maximum absolute atomic E-state index is 13.7. The van der Waals surface area contributed by atoms with Crippen LogP contribution in [0.1, 0.15) is 37.5 Å². The molecule has 1 N–H and O–H groups in total. The number of aromatic nitrogens is 7. The molecular formula is C21H21F2N7. The van der Waals surface area contributed by atoms with Crippen molar-refractivity contribution in [2.45, 2.75) is 39.2 Å². The Morgan fingerprint density at radius 3 is 2.40 bits per heavy atom. The third-order valence-electron chi connectivity index (χ3n) is 4.72. The van der Waals surface area contributed by atoms with Crippen molar-refractivity contribution in [1.29, 1.82) is 0 Å². The van der Waals surface area contributed by atoms with Crippen molar-refractivity contribution in [2.75, 3.05) is 0 Å². The summed E-state index contributed by atoms with van der Waals surface area (Å²) >= 11 is 0. The number of hydrogen-bond donors (Lipinski definition) is 1. The van der Waals surface area contributed by atoms with Gasteiger partial charge in [-0.15, -0.1) is 15.3 Å². The highest BCUT2D eigenvalue weighted by Gasteiger charge is 2.31. The molecule has 0 spiro atoms. The Kier molecular flexibility index (Phi) is 5.35. The molecule has 0 saturated heterocycles. The highest BCUT2D eigenvalue weighted by atomic mass is 19.3. The van der Waals surface area contributed by atoms with E-state index >= 15 is 0 Å². The fourth-order valence-electron chi connectivity index (χ4n) is 3.27. The van der Waals surface area contributed by atoms with Crippen molar-refractivity contribution in [3.05, 3.63) is 65.7 Å². The van der Waals surface area contributed by atoms with Crippen molar-refractivity contribution in [1.82, 2.24) is 35.4 Å². The SMILES string of the molecule is CCCn1nc(C(C)(F)F)nc1Cc1ccc(-c2ccccc2-c2nn[nH]n2)cc1. The van der Waals surface area contributed by atoms with Gasteiger partial charge in [-0.05, 0) is 28.3 Å². The number of aryl methyl sites for hydroxylation is 1. The van der Waals surface area contributed by atoms with Crippen molar-refractivity contribution < 1.29 is 8.78 Å². The number of nitrogens with zero attached hydrogens (tertiary/aromatic N) is 6. The molecule has 2 aromatic carbocycles. The molecular weight excluding hydrogens is 388 g/mol. The molecule has 0 fully saturated rings. The van der Waals surface area contributed by atoms with E-state index in [1.54, 1.807) is 4.68 Å². The summed E-state index contributed by atoms with van der Waals surface area (Å²) in [6.07, 6.45) is 1.22. The minimum atomic E-state index is -3.06. The third-order valence-corrected chi connectivity index (χ3v) is 4.72. The van der Waals surface area contributed by atoms with Crippen LogP contribution in [0.15, 0.2) is 48.5 Å². The van der Waals surface area contributed by atoms with Gasteiger partial charge >= 0.3 is 5.92 Å². The number of hydrogen-bond acceptors (Lipinski definition) is 5. The zero-order valence-electron chi connectivity index (χ0n) is 16.7. The fourth-order valence-corrected chi connectivity index (χ4v) is 3.27. The average Bonchev–Trinajstić information content (AvgIpc) is 3.39. The number of tetrazole rings is 1. The number of alkyl halides is 2. The lowest BCUT2D eigenvalue weighted by Gasteiger charge is -2.08. The first kappa shape index (κ1) is 19.8. The summed E-state index contributed by atoms with van der Waals surface area (Å²) in [6, 6.07) is 15.7. The zero-order chi connectivity index (χ0) is 21.1. The Labute approximate surface area is 172 Å². The third kappa shape index (κ3) is 4.10. The topological polar surface area (TPSA) is 85.2 Å². The monoisotopic (exact) mass is 409 g/mol. The first-order valence-electron chi connectivity index (χ1n) is 9.70. The number of aromatic amines is 1. The molecule has 0 atom stereocenters. The molecule has 2 aromatic heterocycles. The van der Waals surface area contributed by atoms with Gasteiger partial charge in [0.2, 0.25) is 11.6 Å². The van der Waals surface area contributed by atoms with E-state index in [1.807, 2.05) is 55.5 Å². The summed E-state index contributed by atoms with van der Waals surface area (Å²) in [5, 5.41) is 18.2. The van der Waals surface area contributed by atoms with E-state index in [4.69, 9.17) is 0 Å². The predicted octanol–water partition coefficient (Wildman–Crippen LogP) is 4.24. The quantitative estimate of drug-likeness (QED) is 0.494. The Hall–Kier alpha value is -3.49. The van der Waals surface area contributed by atoms with Gasteiger partial charge in [-0.25, -0.2) is 9.67 Å². The van der Waals surface area contributed by atoms with Crippen molar-refractivity contribution in [3.63, 3.8) is 0 Å². The van der Waals surface area contributed by atoms with E-state index < -0.39 is 11.7 Å². The number of H-pyrrole nitrogens is 1. The number of halogens is 2. The lowest BCUT2D eigenvalue weighted by Crippen LogP contribution is -2.10. The van der Waals surface area contributed by atoms with Crippen LogP contribution in [0.5, 0.6) is 0 Å². The number of nitrogens with one attached hydrogen (secondary N) is 1. The van der Waals surface area contributed by atoms with E-state index in [0.717, 1.165) is 35.6 Å². The summed E-state index contributed by atoms with van der Waals surface area (Å²) in [5.41, 5.74) is 3.81. The van der Waals surface area contributed by atoms with Crippen LogP contribution in [0, 0.1) is 0 Å². The van der Waals surface area contributed by atoms with Crippen LogP contribution < -0.4 is 0 Å². The molecule has 0 unspecified atom stereocenters. The van der Waals surface area contributed by atoms with Gasteiger partial charge in [0.15, 0.2) is 0 Å². The van der Waals surface area contributed by atoms with Crippen LogP contribution in [0.3, 0.4) is 0 Å². The molecule has 9 heteroatoms. The normalized spacial score (nSPS) is 11.7. The molecule has 154 valence electrons. The maximum atomic E-state index is 13.7. The summed E-state index contributed by atoms with van der Waals surface area (Å²) < 4.78 is 28.9. The highest BCUT2D eigenvalue weighted by molar-refractivity contribution is 5.80. The smallest absolute Gasteiger partial charge is 0.249 e. The molecule has 2 heterocycles. The average molecular weight is 409 g/mol. The Morgan fingerprint density at radius 1 is 1.03 bits per heavy atom. The van der Waals surface area contributed by atoms with Gasteiger partial charge in [0.25, 0.3) is 0 Å². The van der Waals surface area contributed by atoms with Crippen LogP contribution in [0.4, 0.5) is 8.78 Å². The van der Waals surface area contributed by atoms with Gasteiger partial charge in [-0.1, -0.05) is 55.5 Å². The number of benzene rings is 2. The van der Waals surface area contributed by atoms with Gasteiger partial charge in [0.05, 0.1) is 0 Å². The van der Waals surface area contributed by atoms with Gasteiger partial charge in [-0.2, -0.15) is 14.0 Å². The van der Waals surface area contributed by atoms with Crippen LogP contribution in [-0.4, -0.2) is 35.4 Å². The molecule has 0 amide bonds. The summed E-state index contributed by atoms with van der Waals surface area (Å²) in [6.45, 7) is 3.35. The maximum Gasteiger partial charge on any atom is 0.305 e. The second-order valence-corrected chi connectivity index (χ2v) is 7.12. The standard InChI is InChI=1S/C21H21F2N7/c1-3-12-30-18(24-20(27-30)21(2,22)23)13-14-8-10-15(11-9-14)16-6-4-5-7-17(16)19-25-28-29-26-19/h4-11H,3,12-13H2,1-2H3,(H,25,26,28,29). The molecule has 0 aliphatic heterocycles. The minimum absolute atomic E-state index is 0.426. The second kappa shape index (κ2) is 8.10.